The first kappa shape index (κ1) is 13.8. The minimum atomic E-state index is -0.301. The van der Waals surface area contributed by atoms with Crippen LogP contribution in [0.15, 0.2) is 16.5 Å². The van der Waals surface area contributed by atoms with Gasteiger partial charge in [0.05, 0.1) is 5.54 Å². The van der Waals surface area contributed by atoms with Gasteiger partial charge in [0.25, 0.3) is 5.91 Å². The van der Waals surface area contributed by atoms with Gasteiger partial charge in [0.15, 0.2) is 11.0 Å². The van der Waals surface area contributed by atoms with Gasteiger partial charge < -0.3 is 9.73 Å². The van der Waals surface area contributed by atoms with Crippen LogP contribution in [0.3, 0.4) is 0 Å². The summed E-state index contributed by atoms with van der Waals surface area (Å²) in [4.78, 5) is 12.0. The molecule has 3 nitrogen and oxygen atoms in total. The maximum Gasteiger partial charge on any atom is 0.287 e. The molecule has 1 aromatic heterocycles. The lowest BCUT2D eigenvalue weighted by molar-refractivity contribution is 0.0844. The number of alkyl halides is 1. The number of rotatable bonds is 3. The number of carbonyl (C=O) groups is 1. The van der Waals surface area contributed by atoms with Crippen LogP contribution < -0.4 is 5.32 Å². The van der Waals surface area contributed by atoms with Crippen molar-refractivity contribution in [2.45, 2.75) is 38.1 Å². The Morgan fingerprint density at radius 2 is 2.17 bits per heavy atom. The Balaban J connectivity index is 2.04. The fourth-order valence-electron chi connectivity index (χ4n) is 2.35. The van der Waals surface area contributed by atoms with E-state index in [9.17, 15) is 4.79 Å². The zero-order chi connectivity index (χ0) is 13.2. The lowest BCUT2D eigenvalue weighted by atomic mass is 9.78. The molecule has 0 aliphatic heterocycles. The van der Waals surface area contributed by atoms with Crippen molar-refractivity contribution in [3.63, 3.8) is 0 Å². The van der Waals surface area contributed by atoms with Gasteiger partial charge in [0.1, 0.15) is 0 Å². The molecule has 100 valence electrons. The van der Waals surface area contributed by atoms with Crippen LogP contribution in [0.1, 0.15) is 43.2 Å². The molecule has 1 saturated carbocycles. The van der Waals surface area contributed by atoms with Crippen LogP contribution in [0.4, 0.5) is 0 Å². The summed E-state index contributed by atoms with van der Waals surface area (Å²) in [5.41, 5.74) is -0.301. The molecular weight excluding hydrogens is 273 g/mol. The van der Waals surface area contributed by atoms with Crippen molar-refractivity contribution in [2.75, 3.05) is 5.88 Å². The van der Waals surface area contributed by atoms with E-state index in [0.717, 1.165) is 25.7 Å². The molecule has 0 atom stereocenters. The Bertz CT molecular complexity index is 422. The molecule has 1 aliphatic carbocycles. The molecule has 0 saturated heterocycles. The molecule has 18 heavy (non-hydrogen) atoms. The van der Waals surface area contributed by atoms with Gasteiger partial charge in [-0.2, -0.15) is 0 Å². The minimum absolute atomic E-state index is 0.220. The topological polar surface area (TPSA) is 42.2 Å². The smallest absolute Gasteiger partial charge is 0.287 e. The molecule has 1 aliphatic rings. The highest BCUT2D eigenvalue weighted by atomic mass is 35.5. The highest BCUT2D eigenvalue weighted by Gasteiger charge is 2.35. The first-order chi connectivity index (χ1) is 8.54. The largest absolute Gasteiger partial charge is 0.440 e. The van der Waals surface area contributed by atoms with Crippen molar-refractivity contribution in [1.29, 1.82) is 0 Å². The van der Waals surface area contributed by atoms with E-state index in [2.05, 4.69) is 12.2 Å². The van der Waals surface area contributed by atoms with Gasteiger partial charge in [-0.15, -0.1) is 11.6 Å². The Labute approximate surface area is 117 Å². The fraction of sp³-hybridized carbons (Fsp3) is 0.615. The molecule has 0 radical (unpaired) electrons. The molecule has 0 spiro atoms. The van der Waals surface area contributed by atoms with Crippen LogP contribution in [-0.2, 0) is 0 Å². The normalized spacial score (nSPS) is 28.1. The van der Waals surface area contributed by atoms with E-state index in [1.165, 1.54) is 0 Å². The number of hydrogen-bond donors (Lipinski definition) is 1. The minimum Gasteiger partial charge on any atom is -0.440 e. The average Bonchev–Trinajstić information content (AvgIpc) is 2.79. The van der Waals surface area contributed by atoms with E-state index in [1.54, 1.807) is 12.1 Å². The molecule has 2 rings (SSSR count). The summed E-state index contributed by atoms with van der Waals surface area (Å²) in [6.07, 6.45) is 4.01. The Morgan fingerprint density at radius 3 is 2.67 bits per heavy atom. The Hall–Kier alpha value is -0.670. The van der Waals surface area contributed by atoms with Crippen molar-refractivity contribution >= 4 is 29.1 Å². The SMILES string of the molecule is CC1CCC(CCl)(NC(=O)c2ccc(Cl)o2)CC1. The number of furan rings is 1. The first-order valence-electron chi connectivity index (χ1n) is 6.18. The van der Waals surface area contributed by atoms with Gasteiger partial charge in [0, 0.05) is 5.88 Å². The predicted molar refractivity (Wildman–Crippen MR) is 72.3 cm³/mol. The van der Waals surface area contributed by atoms with E-state index >= 15 is 0 Å². The maximum absolute atomic E-state index is 12.0. The second kappa shape index (κ2) is 5.54. The third-order valence-electron chi connectivity index (χ3n) is 3.66. The summed E-state index contributed by atoms with van der Waals surface area (Å²) in [6.45, 7) is 2.23. The number of hydrogen-bond acceptors (Lipinski definition) is 2. The summed E-state index contributed by atoms with van der Waals surface area (Å²) < 4.78 is 5.11. The number of nitrogens with one attached hydrogen (secondary N) is 1. The lowest BCUT2D eigenvalue weighted by Crippen LogP contribution is -2.52. The van der Waals surface area contributed by atoms with Crippen molar-refractivity contribution in [2.24, 2.45) is 5.92 Å². The summed E-state index contributed by atoms with van der Waals surface area (Å²) >= 11 is 11.7. The Kier molecular flexibility index (Phi) is 4.23. The molecule has 0 unspecified atom stereocenters. The molecule has 0 bridgehead atoms. The summed E-state index contributed by atoms with van der Waals surface area (Å²) in [6, 6.07) is 3.14. The van der Waals surface area contributed by atoms with E-state index in [-0.39, 0.29) is 22.4 Å². The van der Waals surface area contributed by atoms with E-state index < -0.39 is 0 Å². The highest BCUT2D eigenvalue weighted by molar-refractivity contribution is 6.29. The fourth-order valence-corrected chi connectivity index (χ4v) is 2.83. The quantitative estimate of drug-likeness (QED) is 0.859. The third-order valence-corrected chi connectivity index (χ3v) is 4.38. The molecule has 1 heterocycles. The maximum atomic E-state index is 12.0. The van der Waals surface area contributed by atoms with Gasteiger partial charge in [-0.25, -0.2) is 0 Å². The van der Waals surface area contributed by atoms with Crippen molar-refractivity contribution in [3.05, 3.63) is 23.1 Å². The molecular formula is C13H17Cl2NO2. The van der Waals surface area contributed by atoms with E-state index in [0.29, 0.717) is 11.8 Å². The third kappa shape index (κ3) is 3.01. The van der Waals surface area contributed by atoms with E-state index in [1.807, 2.05) is 0 Å². The lowest BCUT2D eigenvalue weighted by Gasteiger charge is -2.38. The van der Waals surface area contributed by atoms with Crippen molar-refractivity contribution < 1.29 is 9.21 Å². The first-order valence-corrected chi connectivity index (χ1v) is 7.10. The van der Waals surface area contributed by atoms with Crippen LogP contribution in [0, 0.1) is 5.92 Å². The van der Waals surface area contributed by atoms with Gasteiger partial charge >= 0.3 is 0 Å². The van der Waals surface area contributed by atoms with Crippen LogP contribution >= 0.6 is 23.2 Å². The van der Waals surface area contributed by atoms with E-state index in [4.69, 9.17) is 27.6 Å². The highest BCUT2D eigenvalue weighted by Crippen LogP contribution is 2.33. The standard InChI is InChI=1S/C13H17Cl2NO2/c1-9-4-6-13(8-14,7-5-9)16-12(17)10-2-3-11(15)18-10/h2-3,9H,4-8H2,1H3,(H,16,17). The molecule has 1 fully saturated rings. The zero-order valence-corrected chi connectivity index (χ0v) is 11.9. The summed E-state index contributed by atoms with van der Waals surface area (Å²) in [5.74, 6) is 1.14. The second-order valence-corrected chi connectivity index (χ2v) is 5.79. The number of carbonyl (C=O) groups excluding carboxylic acids is 1. The number of amides is 1. The Morgan fingerprint density at radius 1 is 1.50 bits per heavy atom. The van der Waals surface area contributed by atoms with Gasteiger partial charge in [-0.1, -0.05) is 6.92 Å². The van der Waals surface area contributed by atoms with Crippen LogP contribution in [-0.4, -0.2) is 17.3 Å². The predicted octanol–water partition coefficient (Wildman–Crippen LogP) is 3.85. The summed E-state index contributed by atoms with van der Waals surface area (Å²) in [7, 11) is 0. The zero-order valence-electron chi connectivity index (χ0n) is 10.3. The van der Waals surface area contributed by atoms with Gasteiger partial charge in [0.2, 0.25) is 0 Å². The average molecular weight is 290 g/mol. The molecule has 1 aromatic rings. The second-order valence-electron chi connectivity index (χ2n) is 5.15. The molecule has 1 N–H and O–H groups in total. The monoisotopic (exact) mass is 289 g/mol. The van der Waals surface area contributed by atoms with Crippen molar-refractivity contribution in [3.8, 4) is 0 Å². The van der Waals surface area contributed by atoms with Crippen LogP contribution in [0.2, 0.25) is 5.22 Å². The summed E-state index contributed by atoms with van der Waals surface area (Å²) in [5, 5.41) is 3.23. The van der Waals surface area contributed by atoms with Crippen molar-refractivity contribution in [1.82, 2.24) is 5.32 Å². The molecule has 5 heteroatoms. The van der Waals surface area contributed by atoms with Gasteiger partial charge in [-0.05, 0) is 55.3 Å². The van der Waals surface area contributed by atoms with Crippen LogP contribution in [0.25, 0.3) is 0 Å². The van der Waals surface area contributed by atoms with Gasteiger partial charge in [-0.3, -0.25) is 4.79 Å². The molecule has 1 amide bonds. The van der Waals surface area contributed by atoms with Crippen LogP contribution in [0.5, 0.6) is 0 Å². The number of halogens is 2. The molecule has 0 aromatic carbocycles.